The number of halogens is 1. The Hall–Kier alpha value is -1.23. The average molecular weight is 268 g/mol. The minimum atomic E-state index is 0.0108. The summed E-state index contributed by atoms with van der Waals surface area (Å²) in [6, 6.07) is 0. The maximum absolute atomic E-state index is 11.7. The van der Waals surface area contributed by atoms with Gasteiger partial charge in [0.1, 0.15) is 4.60 Å². The summed E-state index contributed by atoms with van der Waals surface area (Å²) in [4.78, 5) is 19.7. The summed E-state index contributed by atoms with van der Waals surface area (Å²) in [5.74, 6) is 0.558. The maximum Gasteiger partial charge on any atom is 0.229 e. The van der Waals surface area contributed by atoms with Crippen LogP contribution in [0.1, 0.15) is 12.8 Å². The van der Waals surface area contributed by atoms with Crippen LogP contribution in [0.25, 0.3) is 0 Å². The van der Waals surface area contributed by atoms with Gasteiger partial charge in [0.15, 0.2) is 5.82 Å². The van der Waals surface area contributed by atoms with E-state index in [0.717, 1.165) is 12.8 Å². The van der Waals surface area contributed by atoms with Crippen LogP contribution in [0.3, 0.4) is 0 Å². The van der Waals surface area contributed by atoms with Crippen LogP contribution in [0.15, 0.2) is 29.1 Å². The molecule has 2 rings (SSSR count). The van der Waals surface area contributed by atoms with Crippen LogP contribution in [-0.4, -0.2) is 15.9 Å². The zero-order chi connectivity index (χ0) is 10.7. The van der Waals surface area contributed by atoms with Gasteiger partial charge in [0.25, 0.3) is 0 Å². The lowest BCUT2D eigenvalue weighted by molar-refractivity contribution is -0.119. The second-order valence-corrected chi connectivity index (χ2v) is 4.17. The summed E-state index contributed by atoms with van der Waals surface area (Å²) >= 11 is 3.18. The number of hydrogen-bond acceptors (Lipinski definition) is 3. The quantitative estimate of drug-likeness (QED) is 0.836. The van der Waals surface area contributed by atoms with Crippen LogP contribution in [-0.2, 0) is 4.79 Å². The van der Waals surface area contributed by atoms with E-state index in [-0.39, 0.29) is 11.8 Å². The van der Waals surface area contributed by atoms with Gasteiger partial charge >= 0.3 is 0 Å². The van der Waals surface area contributed by atoms with Crippen molar-refractivity contribution in [2.75, 3.05) is 5.32 Å². The molecule has 1 heterocycles. The van der Waals surface area contributed by atoms with E-state index in [9.17, 15) is 4.79 Å². The molecule has 0 atom stereocenters. The molecule has 0 fully saturated rings. The number of anilines is 1. The number of rotatable bonds is 2. The molecule has 0 saturated heterocycles. The van der Waals surface area contributed by atoms with Crippen molar-refractivity contribution in [3.05, 3.63) is 29.1 Å². The third kappa shape index (κ3) is 2.62. The first-order valence-electron chi connectivity index (χ1n) is 4.69. The van der Waals surface area contributed by atoms with Crippen LogP contribution in [0.4, 0.5) is 5.82 Å². The fraction of sp³-hybridized carbons (Fsp3) is 0.300. The zero-order valence-electron chi connectivity index (χ0n) is 7.98. The second-order valence-electron chi connectivity index (χ2n) is 3.35. The van der Waals surface area contributed by atoms with E-state index in [1.54, 1.807) is 6.20 Å². The molecular weight excluding hydrogens is 258 g/mol. The molecule has 1 aliphatic carbocycles. The number of carbonyl (C=O) groups excluding carboxylic acids is 1. The van der Waals surface area contributed by atoms with Crippen LogP contribution in [0.2, 0.25) is 0 Å². The highest BCUT2D eigenvalue weighted by atomic mass is 79.9. The molecule has 0 radical (unpaired) electrons. The number of allylic oxidation sites excluding steroid dienone is 2. The Balaban J connectivity index is 1.96. The molecule has 1 amide bonds. The van der Waals surface area contributed by atoms with Crippen molar-refractivity contribution < 1.29 is 4.79 Å². The summed E-state index contributed by atoms with van der Waals surface area (Å²) in [6.45, 7) is 0. The molecule has 0 unspecified atom stereocenters. The predicted molar refractivity (Wildman–Crippen MR) is 60.2 cm³/mol. The first-order valence-corrected chi connectivity index (χ1v) is 5.48. The summed E-state index contributed by atoms with van der Waals surface area (Å²) in [7, 11) is 0. The molecule has 0 spiro atoms. The zero-order valence-corrected chi connectivity index (χ0v) is 9.57. The number of hydrogen-bond donors (Lipinski definition) is 1. The lowest BCUT2D eigenvalue weighted by atomic mass is 10.1. The average Bonchev–Trinajstić information content (AvgIpc) is 2.74. The van der Waals surface area contributed by atoms with Gasteiger partial charge in [-0.1, -0.05) is 12.2 Å². The van der Waals surface area contributed by atoms with E-state index in [4.69, 9.17) is 0 Å². The molecule has 4 nitrogen and oxygen atoms in total. The highest BCUT2D eigenvalue weighted by Crippen LogP contribution is 2.19. The number of aromatic nitrogens is 2. The normalized spacial score (nSPS) is 15.5. The summed E-state index contributed by atoms with van der Waals surface area (Å²) in [5.41, 5.74) is 0. The van der Waals surface area contributed by atoms with Crippen molar-refractivity contribution in [1.82, 2.24) is 9.97 Å². The summed E-state index contributed by atoms with van der Waals surface area (Å²) in [6.07, 6.45) is 8.77. The standard InChI is InChI=1S/C10H10BrN3O/c11-8-5-13-9(6-12-8)14-10(15)7-3-1-2-4-7/h1-2,5-7H,3-4H2,(H,13,14,15). The Morgan fingerprint density at radius 3 is 2.67 bits per heavy atom. The van der Waals surface area contributed by atoms with Gasteiger partial charge in [0.2, 0.25) is 5.91 Å². The van der Waals surface area contributed by atoms with E-state index < -0.39 is 0 Å². The number of carbonyl (C=O) groups is 1. The van der Waals surface area contributed by atoms with Gasteiger partial charge in [-0.2, -0.15) is 0 Å². The Kier molecular flexibility index (Phi) is 3.11. The Morgan fingerprint density at radius 2 is 2.07 bits per heavy atom. The van der Waals surface area contributed by atoms with E-state index >= 15 is 0 Å². The molecular formula is C10H10BrN3O. The molecule has 1 N–H and O–H groups in total. The fourth-order valence-corrected chi connectivity index (χ4v) is 1.64. The molecule has 5 heteroatoms. The van der Waals surface area contributed by atoms with Gasteiger partial charge < -0.3 is 5.32 Å². The highest BCUT2D eigenvalue weighted by molar-refractivity contribution is 9.10. The van der Waals surface area contributed by atoms with Crippen molar-refractivity contribution in [3.63, 3.8) is 0 Å². The minimum absolute atomic E-state index is 0.0108. The topological polar surface area (TPSA) is 54.9 Å². The number of nitrogens with one attached hydrogen (secondary N) is 1. The molecule has 1 aromatic heterocycles. The lowest BCUT2D eigenvalue weighted by Gasteiger charge is -2.08. The predicted octanol–water partition coefficient (Wildman–Crippen LogP) is 2.14. The molecule has 0 aromatic carbocycles. The van der Waals surface area contributed by atoms with E-state index in [0.29, 0.717) is 10.4 Å². The third-order valence-electron chi connectivity index (χ3n) is 2.25. The van der Waals surface area contributed by atoms with Crippen molar-refractivity contribution >= 4 is 27.7 Å². The van der Waals surface area contributed by atoms with Crippen molar-refractivity contribution in [2.45, 2.75) is 12.8 Å². The van der Waals surface area contributed by atoms with Crippen molar-refractivity contribution in [3.8, 4) is 0 Å². The molecule has 0 saturated carbocycles. The Morgan fingerprint density at radius 1 is 1.33 bits per heavy atom. The van der Waals surface area contributed by atoms with Gasteiger partial charge in [-0.25, -0.2) is 9.97 Å². The molecule has 15 heavy (non-hydrogen) atoms. The number of amides is 1. The van der Waals surface area contributed by atoms with E-state index in [1.165, 1.54) is 6.20 Å². The fourth-order valence-electron chi connectivity index (χ4n) is 1.44. The van der Waals surface area contributed by atoms with Crippen LogP contribution >= 0.6 is 15.9 Å². The highest BCUT2D eigenvalue weighted by Gasteiger charge is 2.19. The van der Waals surface area contributed by atoms with E-state index in [1.807, 2.05) is 12.2 Å². The number of nitrogens with zero attached hydrogens (tertiary/aromatic N) is 2. The third-order valence-corrected chi connectivity index (χ3v) is 2.66. The van der Waals surface area contributed by atoms with Crippen molar-refractivity contribution in [1.29, 1.82) is 0 Å². The smallest absolute Gasteiger partial charge is 0.229 e. The molecule has 1 aromatic rings. The van der Waals surface area contributed by atoms with Gasteiger partial charge in [0, 0.05) is 5.92 Å². The lowest BCUT2D eigenvalue weighted by Crippen LogP contribution is -2.21. The van der Waals surface area contributed by atoms with E-state index in [2.05, 4.69) is 31.2 Å². The van der Waals surface area contributed by atoms with Gasteiger partial charge in [-0.3, -0.25) is 4.79 Å². The molecule has 0 aliphatic heterocycles. The monoisotopic (exact) mass is 267 g/mol. The maximum atomic E-state index is 11.7. The van der Waals surface area contributed by atoms with Gasteiger partial charge in [-0.15, -0.1) is 0 Å². The first-order chi connectivity index (χ1) is 7.25. The van der Waals surface area contributed by atoms with Crippen LogP contribution in [0, 0.1) is 5.92 Å². The first kappa shape index (κ1) is 10.3. The minimum Gasteiger partial charge on any atom is -0.309 e. The molecule has 78 valence electrons. The van der Waals surface area contributed by atoms with Gasteiger partial charge in [-0.05, 0) is 28.8 Å². The SMILES string of the molecule is O=C(Nc1cnc(Br)cn1)C1CC=CC1. The van der Waals surface area contributed by atoms with Crippen LogP contribution in [0.5, 0.6) is 0 Å². The Bertz CT molecular complexity index is 380. The second kappa shape index (κ2) is 4.53. The van der Waals surface area contributed by atoms with Gasteiger partial charge in [0.05, 0.1) is 12.4 Å². The van der Waals surface area contributed by atoms with Crippen LogP contribution < -0.4 is 5.32 Å². The summed E-state index contributed by atoms with van der Waals surface area (Å²) in [5, 5.41) is 2.74. The molecule has 1 aliphatic rings. The largest absolute Gasteiger partial charge is 0.309 e. The summed E-state index contributed by atoms with van der Waals surface area (Å²) < 4.78 is 0.656. The van der Waals surface area contributed by atoms with Crippen molar-refractivity contribution in [2.24, 2.45) is 5.92 Å². The Labute approximate surface area is 95.9 Å². The molecule has 0 bridgehead atoms.